The summed E-state index contributed by atoms with van der Waals surface area (Å²) in [5, 5.41) is 4.29. The Kier molecular flexibility index (Phi) is 6.98. The lowest BCUT2D eigenvalue weighted by Crippen LogP contribution is -2.59. The van der Waals surface area contributed by atoms with Crippen LogP contribution in [-0.4, -0.2) is 97.7 Å². The van der Waals surface area contributed by atoms with Gasteiger partial charge in [0.05, 0.1) is 12.8 Å². The molecule has 2 N–H and O–H groups in total. The van der Waals surface area contributed by atoms with E-state index in [1.54, 1.807) is 17.0 Å². The monoisotopic (exact) mass is 583 g/mol. The summed E-state index contributed by atoms with van der Waals surface area (Å²) in [5.74, 6) is -2.75. The third-order valence-electron chi connectivity index (χ3n) is 8.51. The van der Waals surface area contributed by atoms with Crippen molar-refractivity contribution in [2.75, 3.05) is 49.9 Å². The number of fused-ring (bicyclic) bond motifs is 1. The number of alkyl halides is 5. The first kappa shape index (κ1) is 27.6. The van der Waals surface area contributed by atoms with Crippen molar-refractivity contribution >= 4 is 23.6 Å². The molecule has 41 heavy (non-hydrogen) atoms. The topological polar surface area (TPSA) is 122 Å². The van der Waals surface area contributed by atoms with Crippen molar-refractivity contribution in [2.45, 2.75) is 50.2 Å². The fourth-order valence-electron chi connectivity index (χ4n) is 6.07. The Hall–Kier alpha value is -3.56. The van der Waals surface area contributed by atoms with Gasteiger partial charge in [-0.1, -0.05) is 0 Å². The third kappa shape index (κ3) is 5.28. The minimum atomic E-state index is -5.54. The maximum atomic E-state index is 13.4. The Morgan fingerprint density at radius 2 is 1.63 bits per heavy atom. The van der Waals surface area contributed by atoms with Crippen LogP contribution in [-0.2, 0) is 4.79 Å². The van der Waals surface area contributed by atoms with Crippen molar-refractivity contribution in [2.24, 2.45) is 11.8 Å². The van der Waals surface area contributed by atoms with Gasteiger partial charge in [0.1, 0.15) is 6.04 Å². The van der Waals surface area contributed by atoms with Crippen LogP contribution in [0.1, 0.15) is 32.1 Å². The number of carbonyl (C=O) groups is 1. The molecule has 0 radical (unpaired) electrons. The Balaban J connectivity index is 1.03. The van der Waals surface area contributed by atoms with Gasteiger partial charge in [-0.2, -0.15) is 41.4 Å². The number of rotatable bonds is 6. The highest BCUT2D eigenvalue weighted by atomic mass is 19.4. The summed E-state index contributed by atoms with van der Waals surface area (Å²) in [6.45, 7) is 0.869. The molecule has 0 spiro atoms. The van der Waals surface area contributed by atoms with Gasteiger partial charge < -0.3 is 20.0 Å². The molecule has 3 aliphatic heterocycles. The van der Waals surface area contributed by atoms with E-state index in [1.165, 1.54) is 15.7 Å². The molecule has 11 nitrogen and oxygen atoms in total. The van der Waals surface area contributed by atoms with Gasteiger partial charge in [0.15, 0.2) is 5.76 Å². The number of hydrogen-bond acceptors (Lipinski definition) is 9. The van der Waals surface area contributed by atoms with Crippen molar-refractivity contribution < 1.29 is 31.2 Å². The van der Waals surface area contributed by atoms with E-state index in [0.29, 0.717) is 62.3 Å². The van der Waals surface area contributed by atoms with Gasteiger partial charge in [0.2, 0.25) is 23.6 Å². The highest BCUT2D eigenvalue weighted by Crippen LogP contribution is 2.38. The summed E-state index contributed by atoms with van der Waals surface area (Å²) in [5.41, 5.74) is 6.12. The number of anilines is 2. The SMILES string of the molecule is Nc1nc(N2CC[C@H]2C(=O)N2CCC(C3CCN(CC(F)(F)C(F)(F)F)CC3)CC2)nc2nc(-c3ccco3)nn12. The van der Waals surface area contributed by atoms with Gasteiger partial charge in [-0.05, 0) is 69.2 Å². The molecule has 0 unspecified atom stereocenters. The van der Waals surface area contributed by atoms with Crippen molar-refractivity contribution in [1.82, 2.24) is 34.4 Å². The van der Waals surface area contributed by atoms with Crippen LogP contribution in [0.25, 0.3) is 17.4 Å². The molecule has 3 aromatic heterocycles. The first-order chi connectivity index (χ1) is 19.5. The number of hydrogen-bond donors (Lipinski definition) is 1. The minimum Gasteiger partial charge on any atom is -0.461 e. The maximum Gasteiger partial charge on any atom is 0.454 e. The second kappa shape index (κ2) is 10.4. The van der Waals surface area contributed by atoms with Crippen LogP contribution in [0.5, 0.6) is 0 Å². The number of furan rings is 1. The van der Waals surface area contributed by atoms with Crippen molar-refractivity contribution in [3.8, 4) is 11.6 Å². The first-order valence-electron chi connectivity index (χ1n) is 13.7. The van der Waals surface area contributed by atoms with Crippen LogP contribution >= 0.6 is 0 Å². The Morgan fingerprint density at radius 3 is 2.22 bits per heavy atom. The molecule has 6 heterocycles. The highest BCUT2D eigenvalue weighted by molar-refractivity contribution is 5.86. The fraction of sp³-hybridized carbons (Fsp3) is 0.640. The van der Waals surface area contributed by atoms with Crippen LogP contribution in [0.2, 0.25) is 0 Å². The van der Waals surface area contributed by atoms with Crippen LogP contribution in [0.15, 0.2) is 22.8 Å². The van der Waals surface area contributed by atoms with Crippen molar-refractivity contribution in [3.05, 3.63) is 18.4 Å². The van der Waals surface area contributed by atoms with E-state index < -0.39 is 24.7 Å². The van der Waals surface area contributed by atoms with E-state index in [4.69, 9.17) is 10.2 Å². The van der Waals surface area contributed by atoms with E-state index in [9.17, 15) is 26.7 Å². The predicted molar refractivity (Wildman–Crippen MR) is 136 cm³/mol. The average molecular weight is 584 g/mol. The zero-order valence-corrected chi connectivity index (χ0v) is 22.1. The van der Waals surface area contributed by atoms with Crippen LogP contribution in [0.3, 0.4) is 0 Å². The summed E-state index contributed by atoms with van der Waals surface area (Å²) < 4.78 is 71.2. The van der Waals surface area contributed by atoms with E-state index in [0.717, 1.165) is 12.8 Å². The lowest BCUT2D eigenvalue weighted by atomic mass is 9.78. The number of carbonyl (C=O) groups excluding carboxylic acids is 1. The number of likely N-dealkylation sites (tertiary alicyclic amines) is 2. The van der Waals surface area contributed by atoms with Gasteiger partial charge >= 0.3 is 12.1 Å². The fourth-order valence-corrected chi connectivity index (χ4v) is 6.07. The van der Waals surface area contributed by atoms with Crippen LogP contribution in [0.4, 0.5) is 33.8 Å². The zero-order valence-electron chi connectivity index (χ0n) is 22.1. The molecule has 3 fully saturated rings. The molecular weight excluding hydrogens is 553 g/mol. The predicted octanol–water partition coefficient (Wildman–Crippen LogP) is 3.09. The lowest BCUT2D eigenvalue weighted by molar-refractivity contribution is -0.287. The molecule has 0 aliphatic carbocycles. The molecule has 0 saturated carbocycles. The van der Waals surface area contributed by atoms with Gasteiger partial charge in [0, 0.05) is 19.6 Å². The standard InChI is InChI=1S/C25H30F5N9O2/c26-24(27,25(28,29)30)14-36-8-3-15(4-9-36)16-5-10-37(11-6-16)20(40)17-7-12-38(17)22-33-21(31)39-23(34-22)32-19(35-39)18-2-1-13-41-18/h1-2,13,15-17H,3-12,14H2,(H2,31,32,33,34,35)/t17-/m0/s1. The Morgan fingerprint density at radius 1 is 0.951 bits per heavy atom. The number of nitrogens with zero attached hydrogens (tertiary/aromatic N) is 8. The quantitative estimate of drug-likeness (QED) is 0.437. The van der Waals surface area contributed by atoms with Gasteiger partial charge in [0.25, 0.3) is 5.78 Å². The summed E-state index contributed by atoms with van der Waals surface area (Å²) in [4.78, 5) is 31.4. The van der Waals surface area contributed by atoms with E-state index >= 15 is 0 Å². The van der Waals surface area contributed by atoms with E-state index in [-0.39, 0.29) is 36.6 Å². The van der Waals surface area contributed by atoms with Crippen molar-refractivity contribution in [3.63, 3.8) is 0 Å². The number of nitrogen functional groups attached to an aromatic ring is 1. The highest BCUT2D eigenvalue weighted by Gasteiger charge is 2.58. The summed E-state index contributed by atoms with van der Waals surface area (Å²) in [7, 11) is 0. The zero-order chi connectivity index (χ0) is 28.9. The summed E-state index contributed by atoms with van der Waals surface area (Å²) >= 11 is 0. The van der Waals surface area contributed by atoms with E-state index in [1.807, 2.05) is 4.90 Å². The number of amides is 1. The molecule has 3 aliphatic rings. The van der Waals surface area contributed by atoms with Gasteiger partial charge in [-0.15, -0.1) is 5.10 Å². The average Bonchev–Trinajstić information content (AvgIpc) is 3.58. The molecule has 0 bridgehead atoms. The Labute approximate surface area is 231 Å². The largest absolute Gasteiger partial charge is 0.461 e. The molecule has 3 aromatic rings. The molecular formula is C25H30F5N9O2. The first-order valence-corrected chi connectivity index (χ1v) is 13.7. The number of nitrogens with two attached hydrogens (primary N) is 1. The Bertz CT molecular complexity index is 1380. The second-order valence-corrected chi connectivity index (χ2v) is 11.0. The number of halogens is 5. The summed E-state index contributed by atoms with van der Waals surface area (Å²) in [6.07, 6.45) is -0.679. The maximum absolute atomic E-state index is 13.4. The van der Waals surface area contributed by atoms with Crippen LogP contribution < -0.4 is 10.6 Å². The molecule has 0 aromatic carbocycles. The van der Waals surface area contributed by atoms with Crippen molar-refractivity contribution in [1.29, 1.82) is 0 Å². The van der Waals surface area contributed by atoms with Gasteiger partial charge in [-0.3, -0.25) is 9.69 Å². The summed E-state index contributed by atoms with van der Waals surface area (Å²) in [6, 6.07) is 3.02. The number of piperidine rings is 2. The molecule has 6 rings (SSSR count). The smallest absolute Gasteiger partial charge is 0.454 e. The normalized spacial score (nSPS) is 21.9. The van der Waals surface area contributed by atoms with Gasteiger partial charge in [-0.25, -0.2) is 0 Å². The van der Waals surface area contributed by atoms with E-state index in [2.05, 4.69) is 20.1 Å². The third-order valence-corrected chi connectivity index (χ3v) is 8.51. The molecule has 3 saturated heterocycles. The lowest BCUT2D eigenvalue weighted by Gasteiger charge is -2.45. The minimum absolute atomic E-state index is 0.0151. The molecule has 1 atom stereocenters. The second-order valence-electron chi connectivity index (χ2n) is 11.0. The van der Waals surface area contributed by atoms with Crippen LogP contribution in [0, 0.1) is 11.8 Å². The molecule has 222 valence electrons. The number of aromatic nitrogens is 5. The molecule has 16 heteroatoms. The molecule has 1 amide bonds.